The summed E-state index contributed by atoms with van der Waals surface area (Å²) in [6.07, 6.45) is 3.98. The smallest absolute Gasteiger partial charge is 0.270 e. The van der Waals surface area contributed by atoms with Gasteiger partial charge in [-0.2, -0.15) is 0 Å². The van der Waals surface area contributed by atoms with Gasteiger partial charge in [0.2, 0.25) is 6.20 Å². The van der Waals surface area contributed by atoms with Crippen molar-refractivity contribution in [3.05, 3.63) is 77.2 Å². The molecule has 1 aliphatic carbocycles. The Morgan fingerprint density at radius 3 is 2.62 bits per heavy atom. The first-order chi connectivity index (χ1) is 16.5. The molecule has 1 aromatic heterocycles. The number of carbonyl (C=O) groups excluding carboxylic acids is 1. The number of halogens is 1. The molecule has 7 nitrogen and oxygen atoms in total. The van der Waals surface area contributed by atoms with Crippen LogP contribution in [-0.4, -0.2) is 31.8 Å². The quantitative estimate of drug-likeness (QED) is 0.448. The fourth-order valence-electron chi connectivity index (χ4n) is 3.69. The van der Waals surface area contributed by atoms with E-state index >= 15 is 0 Å². The zero-order valence-electron chi connectivity index (χ0n) is 19.2. The van der Waals surface area contributed by atoms with Crippen molar-refractivity contribution in [3.8, 4) is 22.8 Å². The van der Waals surface area contributed by atoms with Gasteiger partial charge in [0.1, 0.15) is 12.9 Å². The van der Waals surface area contributed by atoms with Crippen LogP contribution < -0.4 is 24.4 Å². The summed E-state index contributed by atoms with van der Waals surface area (Å²) in [7, 11) is 2.93. The molecule has 0 aliphatic heterocycles. The average Bonchev–Trinajstić information content (AvgIpc) is 3.70. The second kappa shape index (κ2) is 10.5. The molecule has 0 spiro atoms. The molecule has 2 aromatic carbocycles. The summed E-state index contributed by atoms with van der Waals surface area (Å²) in [6.45, 7) is 0.496. The van der Waals surface area contributed by atoms with Gasteiger partial charge in [-0.15, -0.1) is 0 Å². The molecule has 1 fully saturated rings. The van der Waals surface area contributed by atoms with Crippen LogP contribution in [0.2, 0.25) is 0 Å². The summed E-state index contributed by atoms with van der Waals surface area (Å²) in [6, 6.07) is 13.4. The number of aliphatic hydroxyl groups excluding tert-OH is 1. The van der Waals surface area contributed by atoms with Crippen molar-refractivity contribution in [2.75, 3.05) is 20.8 Å². The van der Waals surface area contributed by atoms with Crippen molar-refractivity contribution in [2.45, 2.75) is 26.0 Å². The van der Waals surface area contributed by atoms with Crippen LogP contribution in [0.5, 0.6) is 11.5 Å². The molecule has 2 N–H and O–H groups in total. The van der Waals surface area contributed by atoms with Crippen LogP contribution in [0.4, 0.5) is 4.39 Å². The van der Waals surface area contributed by atoms with E-state index in [4.69, 9.17) is 14.3 Å². The van der Waals surface area contributed by atoms with E-state index in [-0.39, 0.29) is 24.8 Å². The van der Waals surface area contributed by atoms with Crippen molar-refractivity contribution >= 4 is 5.91 Å². The third-order valence-electron chi connectivity index (χ3n) is 5.75. The van der Waals surface area contributed by atoms with Gasteiger partial charge in [-0.1, -0.05) is 6.07 Å². The lowest BCUT2D eigenvalue weighted by molar-refractivity contribution is -0.877. The summed E-state index contributed by atoms with van der Waals surface area (Å²) < 4.78 is 26.5. The third-order valence-corrected chi connectivity index (χ3v) is 5.75. The van der Waals surface area contributed by atoms with Crippen LogP contribution in [0.1, 0.15) is 34.3 Å². The van der Waals surface area contributed by atoms with Crippen molar-refractivity contribution in [3.63, 3.8) is 0 Å². The van der Waals surface area contributed by atoms with Gasteiger partial charge in [0.05, 0.1) is 37.0 Å². The van der Waals surface area contributed by atoms with Gasteiger partial charge in [-0.3, -0.25) is 9.63 Å². The van der Waals surface area contributed by atoms with Crippen molar-refractivity contribution in [1.29, 1.82) is 0 Å². The first kappa shape index (κ1) is 23.5. The van der Waals surface area contributed by atoms with Crippen LogP contribution in [0.25, 0.3) is 11.3 Å². The van der Waals surface area contributed by atoms with Gasteiger partial charge in [0.15, 0.2) is 11.6 Å². The summed E-state index contributed by atoms with van der Waals surface area (Å²) in [5.41, 5.74) is 2.92. The van der Waals surface area contributed by atoms with Gasteiger partial charge in [-0.25, -0.2) is 4.39 Å². The summed E-state index contributed by atoms with van der Waals surface area (Å²) in [5.74, 6) is 0.291. The first-order valence-electron chi connectivity index (χ1n) is 11.1. The van der Waals surface area contributed by atoms with E-state index in [0.29, 0.717) is 46.2 Å². The van der Waals surface area contributed by atoms with Crippen LogP contribution in [-0.2, 0) is 13.2 Å². The molecule has 1 heterocycles. The Hall–Kier alpha value is -3.65. The molecule has 0 radical (unpaired) electrons. The predicted molar refractivity (Wildman–Crippen MR) is 123 cm³/mol. The zero-order valence-corrected chi connectivity index (χ0v) is 19.2. The molecule has 178 valence electrons. The van der Waals surface area contributed by atoms with Crippen LogP contribution >= 0.6 is 0 Å². The van der Waals surface area contributed by atoms with E-state index < -0.39 is 5.82 Å². The summed E-state index contributed by atoms with van der Waals surface area (Å²) in [4.78, 5) is 18.6. The Balaban J connectivity index is 1.63. The Labute approximate surface area is 197 Å². The van der Waals surface area contributed by atoms with E-state index in [2.05, 4.69) is 5.32 Å². The van der Waals surface area contributed by atoms with Gasteiger partial charge in [-0.05, 0) is 60.7 Å². The Bertz CT molecular complexity index is 1160. The first-order valence-corrected chi connectivity index (χ1v) is 11.1. The lowest BCUT2D eigenvalue weighted by Crippen LogP contribution is -2.43. The van der Waals surface area contributed by atoms with E-state index in [9.17, 15) is 14.3 Å². The number of nitrogens with one attached hydrogen (secondary N) is 1. The number of hydrogen-bond acceptors (Lipinski definition) is 5. The van der Waals surface area contributed by atoms with Crippen molar-refractivity contribution in [1.82, 2.24) is 5.32 Å². The minimum atomic E-state index is -0.491. The minimum Gasteiger partial charge on any atom is -0.494 e. The molecule has 4 rings (SSSR count). The number of aliphatic hydroxyl groups is 1. The average molecular weight is 468 g/mol. The highest BCUT2D eigenvalue weighted by atomic mass is 19.1. The number of methoxy groups -OCH3 is 1. The predicted octanol–water partition coefficient (Wildman–Crippen LogP) is 3.06. The minimum absolute atomic E-state index is 0.136. The van der Waals surface area contributed by atoms with Crippen molar-refractivity contribution < 1.29 is 33.3 Å². The molecular formula is C26H28FN2O5+. The molecule has 0 bridgehead atoms. The van der Waals surface area contributed by atoms with E-state index in [1.54, 1.807) is 36.5 Å². The van der Waals surface area contributed by atoms with E-state index in [0.717, 1.165) is 12.8 Å². The van der Waals surface area contributed by atoms with Gasteiger partial charge in [0.25, 0.3) is 11.6 Å². The lowest BCUT2D eigenvalue weighted by atomic mass is 10.0. The van der Waals surface area contributed by atoms with Crippen LogP contribution in [0, 0.1) is 11.7 Å². The zero-order chi connectivity index (χ0) is 24.1. The van der Waals surface area contributed by atoms with E-state index in [1.807, 2.05) is 6.07 Å². The van der Waals surface area contributed by atoms with Gasteiger partial charge >= 0.3 is 0 Å². The number of aromatic nitrogens is 1. The molecule has 0 saturated heterocycles. The van der Waals surface area contributed by atoms with Gasteiger partial charge < -0.3 is 19.9 Å². The fourth-order valence-corrected chi connectivity index (χ4v) is 3.69. The normalized spacial score (nSPS) is 12.8. The molecule has 1 saturated carbocycles. The number of pyridine rings is 1. The molecule has 1 aliphatic rings. The molecular weight excluding hydrogens is 439 g/mol. The van der Waals surface area contributed by atoms with Crippen LogP contribution in [0.15, 0.2) is 54.7 Å². The fraction of sp³-hybridized carbons (Fsp3) is 0.308. The number of carbonyl (C=O) groups is 1. The SMILES string of the molecule is COc1ccc(CNC(=O)c2cc(-c3c(CO)ccc[n+]3OC)ccc2OCC2CC2)cc1F. The van der Waals surface area contributed by atoms with Crippen molar-refractivity contribution in [2.24, 2.45) is 5.92 Å². The Morgan fingerprint density at radius 1 is 1.15 bits per heavy atom. The lowest BCUT2D eigenvalue weighted by Gasteiger charge is -2.14. The second-order valence-electron chi connectivity index (χ2n) is 8.17. The monoisotopic (exact) mass is 467 g/mol. The van der Waals surface area contributed by atoms with Crippen LogP contribution in [0.3, 0.4) is 0 Å². The second-order valence-corrected chi connectivity index (χ2v) is 8.17. The number of benzene rings is 2. The summed E-state index contributed by atoms with van der Waals surface area (Å²) in [5, 5.41) is 12.7. The highest BCUT2D eigenvalue weighted by molar-refractivity contribution is 5.98. The third kappa shape index (κ3) is 5.28. The topological polar surface area (TPSA) is 80.9 Å². The largest absolute Gasteiger partial charge is 0.494 e. The van der Waals surface area contributed by atoms with E-state index in [1.165, 1.54) is 31.1 Å². The molecule has 1 amide bonds. The number of nitrogens with zero attached hydrogens (tertiary/aromatic N) is 1. The molecule has 34 heavy (non-hydrogen) atoms. The standard InChI is InChI=1S/C26H27FN2O5/c1-32-24-9-7-18(12-22(24)27)14-28-26(31)21-13-19(8-10-23(21)34-16-17-5-6-17)25-20(15-30)4-3-11-29(25)33-2/h3-4,7-13,17,30H,5-6,14-16H2,1-2H3/p+1. The Morgan fingerprint density at radius 2 is 1.94 bits per heavy atom. The maximum absolute atomic E-state index is 14.0. The number of hydrogen-bond donors (Lipinski definition) is 2. The maximum atomic E-state index is 14.0. The Kier molecular flexibility index (Phi) is 7.27. The summed E-state index contributed by atoms with van der Waals surface area (Å²) >= 11 is 0. The highest BCUT2D eigenvalue weighted by Crippen LogP contribution is 2.32. The molecule has 8 heteroatoms. The number of amides is 1. The van der Waals surface area contributed by atoms with Gasteiger partial charge in [0, 0.05) is 17.3 Å². The molecule has 3 aromatic rings. The molecule has 0 unspecified atom stereocenters. The number of ether oxygens (including phenoxy) is 2. The number of rotatable bonds is 10. The molecule has 0 atom stereocenters. The maximum Gasteiger partial charge on any atom is 0.270 e. The highest BCUT2D eigenvalue weighted by Gasteiger charge is 2.25.